The molecule has 0 aromatic carbocycles. The number of carbonyl (C=O) groups excluding carboxylic acids is 1. The Bertz CT molecular complexity index is 990. The Morgan fingerprint density at radius 3 is 2.59 bits per heavy atom. The second-order valence-corrected chi connectivity index (χ2v) is 7.58. The molecule has 4 rings (SSSR count). The van der Waals surface area contributed by atoms with E-state index in [-0.39, 0.29) is 35.8 Å². The maximum Gasteiger partial charge on any atom is 0.276 e. The van der Waals surface area contributed by atoms with Gasteiger partial charge >= 0.3 is 0 Å². The van der Waals surface area contributed by atoms with Gasteiger partial charge in [-0.15, -0.1) is 0 Å². The third-order valence-corrected chi connectivity index (χ3v) is 5.45. The van der Waals surface area contributed by atoms with Crippen molar-refractivity contribution < 1.29 is 9.18 Å². The number of fused-ring (bicyclic) bond motifs is 2. The molecule has 27 heavy (non-hydrogen) atoms. The van der Waals surface area contributed by atoms with E-state index in [2.05, 4.69) is 20.6 Å². The number of nitrogens with zero attached hydrogens (tertiary/aromatic N) is 3. The summed E-state index contributed by atoms with van der Waals surface area (Å²) in [5, 5.41) is 5.90. The molecule has 0 atom stereocenters. The SMILES string of the molecule is Cc1cc(Nc2cc(N)ncn2)c(=O)n2c1C(=O)NC21CCC(C)(F)CC1. The number of amides is 1. The fourth-order valence-corrected chi connectivity index (χ4v) is 3.96. The van der Waals surface area contributed by atoms with Gasteiger partial charge in [0.05, 0.1) is 0 Å². The standard InChI is InChI=1S/C18H21FN6O2/c1-10-7-11(23-13-8-12(20)21-9-22-13)16(27)25-14(10)15(26)24-18(25)5-3-17(2,19)4-6-18/h7-9H,3-6H2,1-2H3,(H,24,26)(H3,20,21,22,23). The zero-order valence-electron chi connectivity index (χ0n) is 15.2. The number of nitrogens with two attached hydrogens (primary N) is 1. The Labute approximate surface area is 155 Å². The third-order valence-electron chi connectivity index (χ3n) is 5.45. The van der Waals surface area contributed by atoms with Crippen molar-refractivity contribution in [3.63, 3.8) is 0 Å². The van der Waals surface area contributed by atoms with Crippen LogP contribution in [-0.2, 0) is 5.66 Å². The zero-order chi connectivity index (χ0) is 19.4. The Morgan fingerprint density at radius 2 is 1.93 bits per heavy atom. The van der Waals surface area contributed by atoms with Gasteiger partial charge in [0.15, 0.2) is 0 Å². The molecule has 2 aromatic heterocycles. The molecule has 1 spiro atoms. The van der Waals surface area contributed by atoms with Crippen LogP contribution in [0.25, 0.3) is 0 Å². The van der Waals surface area contributed by atoms with Crippen LogP contribution in [0.5, 0.6) is 0 Å². The minimum Gasteiger partial charge on any atom is -0.384 e. The molecule has 0 unspecified atom stereocenters. The number of pyridine rings is 1. The van der Waals surface area contributed by atoms with Crippen LogP contribution >= 0.6 is 0 Å². The summed E-state index contributed by atoms with van der Waals surface area (Å²) >= 11 is 0. The van der Waals surface area contributed by atoms with Gasteiger partial charge in [-0.3, -0.25) is 14.2 Å². The summed E-state index contributed by atoms with van der Waals surface area (Å²) in [7, 11) is 0. The highest BCUT2D eigenvalue weighted by Gasteiger charge is 2.49. The molecule has 0 saturated heterocycles. The molecule has 0 bridgehead atoms. The predicted molar refractivity (Wildman–Crippen MR) is 98.6 cm³/mol. The number of aryl methyl sites for hydroxylation is 1. The topological polar surface area (TPSA) is 115 Å². The van der Waals surface area contributed by atoms with Crippen molar-refractivity contribution in [3.05, 3.63) is 40.1 Å². The van der Waals surface area contributed by atoms with E-state index in [4.69, 9.17) is 5.73 Å². The van der Waals surface area contributed by atoms with E-state index in [0.717, 1.165) is 0 Å². The van der Waals surface area contributed by atoms with Gasteiger partial charge in [-0.2, -0.15) is 0 Å². The molecular weight excluding hydrogens is 351 g/mol. The van der Waals surface area contributed by atoms with E-state index in [0.29, 0.717) is 29.9 Å². The van der Waals surface area contributed by atoms with Gasteiger partial charge in [0.2, 0.25) is 0 Å². The first-order valence-electron chi connectivity index (χ1n) is 8.84. The molecule has 1 amide bonds. The van der Waals surface area contributed by atoms with Crippen LogP contribution in [0.3, 0.4) is 0 Å². The number of nitrogen functional groups attached to an aromatic ring is 1. The number of hydrogen-bond donors (Lipinski definition) is 3. The monoisotopic (exact) mass is 372 g/mol. The van der Waals surface area contributed by atoms with Crippen LogP contribution in [0.1, 0.15) is 48.7 Å². The summed E-state index contributed by atoms with van der Waals surface area (Å²) in [6.45, 7) is 3.33. The average molecular weight is 372 g/mol. The maximum absolute atomic E-state index is 14.3. The number of halogens is 1. The van der Waals surface area contributed by atoms with Gasteiger partial charge in [-0.25, -0.2) is 14.4 Å². The van der Waals surface area contributed by atoms with E-state index in [1.165, 1.54) is 17.0 Å². The molecule has 8 nitrogen and oxygen atoms in total. The van der Waals surface area contributed by atoms with Crippen molar-refractivity contribution in [1.29, 1.82) is 0 Å². The molecule has 0 radical (unpaired) electrons. The van der Waals surface area contributed by atoms with Crippen LogP contribution < -0.4 is 21.9 Å². The largest absolute Gasteiger partial charge is 0.384 e. The Balaban J connectivity index is 1.81. The van der Waals surface area contributed by atoms with Gasteiger partial charge in [-0.1, -0.05) is 0 Å². The normalized spacial score (nSPS) is 26.7. The highest BCUT2D eigenvalue weighted by Crippen LogP contribution is 2.42. The molecule has 142 valence electrons. The smallest absolute Gasteiger partial charge is 0.276 e. The van der Waals surface area contributed by atoms with E-state index >= 15 is 0 Å². The van der Waals surface area contributed by atoms with Crippen molar-refractivity contribution in [2.75, 3.05) is 11.1 Å². The van der Waals surface area contributed by atoms with Gasteiger partial charge in [0.25, 0.3) is 11.5 Å². The number of hydrogen-bond acceptors (Lipinski definition) is 6. The van der Waals surface area contributed by atoms with E-state index in [9.17, 15) is 14.0 Å². The van der Waals surface area contributed by atoms with Crippen LogP contribution in [0, 0.1) is 6.92 Å². The first-order valence-corrected chi connectivity index (χ1v) is 8.84. The molecular formula is C18H21FN6O2. The van der Waals surface area contributed by atoms with Gasteiger partial charge < -0.3 is 16.4 Å². The maximum atomic E-state index is 14.3. The summed E-state index contributed by atoms with van der Waals surface area (Å²) in [6.07, 6.45) is 2.58. The first-order chi connectivity index (χ1) is 12.7. The third kappa shape index (κ3) is 2.83. The molecule has 4 N–H and O–H groups in total. The number of aromatic nitrogens is 3. The fourth-order valence-electron chi connectivity index (χ4n) is 3.96. The molecule has 2 aromatic rings. The van der Waals surface area contributed by atoms with Crippen LogP contribution in [0.15, 0.2) is 23.3 Å². The van der Waals surface area contributed by atoms with Gasteiger partial charge in [0.1, 0.15) is 40.7 Å². The van der Waals surface area contributed by atoms with E-state index < -0.39 is 11.3 Å². The molecule has 1 aliphatic heterocycles. The predicted octanol–water partition coefficient (Wildman–Crippen LogP) is 1.97. The highest BCUT2D eigenvalue weighted by atomic mass is 19.1. The van der Waals surface area contributed by atoms with Crippen molar-refractivity contribution in [2.45, 2.75) is 50.9 Å². The first kappa shape index (κ1) is 17.4. The molecule has 1 aliphatic carbocycles. The van der Waals surface area contributed by atoms with Crippen molar-refractivity contribution in [3.8, 4) is 0 Å². The van der Waals surface area contributed by atoms with Crippen LogP contribution in [0.2, 0.25) is 0 Å². The van der Waals surface area contributed by atoms with E-state index in [1.54, 1.807) is 19.9 Å². The Morgan fingerprint density at radius 1 is 1.22 bits per heavy atom. The van der Waals surface area contributed by atoms with Gasteiger partial charge in [-0.05, 0) is 51.2 Å². The molecule has 3 heterocycles. The van der Waals surface area contributed by atoms with Crippen molar-refractivity contribution in [1.82, 2.24) is 19.9 Å². The average Bonchev–Trinajstić information content (AvgIpc) is 2.89. The summed E-state index contributed by atoms with van der Waals surface area (Å²) in [5.41, 5.74) is 4.40. The number of nitrogens with one attached hydrogen (secondary N) is 2. The Hall–Kier alpha value is -2.97. The summed E-state index contributed by atoms with van der Waals surface area (Å²) in [4.78, 5) is 33.7. The molecule has 1 fully saturated rings. The minimum absolute atomic E-state index is 0.272. The highest BCUT2D eigenvalue weighted by molar-refractivity contribution is 5.97. The summed E-state index contributed by atoms with van der Waals surface area (Å²) in [5.74, 6) is 0.351. The van der Waals surface area contributed by atoms with Crippen LogP contribution in [-0.4, -0.2) is 26.1 Å². The number of anilines is 3. The van der Waals surface area contributed by atoms with E-state index in [1.807, 2.05) is 0 Å². The number of rotatable bonds is 2. The Kier molecular flexibility index (Phi) is 3.72. The lowest BCUT2D eigenvalue weighted by Crippen LogP contribution is -2.51. The minimum atomic E-state index is -1.29. The van der Waals surface area contributed by atoms with Gasteiger partial charge in [0, 0.05) is 6.07 Å². The lowest BCUT2D eigenvalue weighted by atomic mass is 9.80. The molecule has 1 saturated carbocycles. The number of carbonyl (C=O) groups is 1. The summed E-state index contributed by atoms with van der Waals surface area (Å²) in [6, 6.07) is 3.13. The lowest BCUT2D eigenvalue weighted by molar-refractivity contribution is 0.0443. The van der Waals surface area contributed by atoms with Crippen molar-refractivity contribution >= 4 is 23.2 Å². The number of alkyl halides is 1. The quantitative estimate of drug-likeness (QED) is 0.742. The molecule has 2 aliphatic rings. The fraction of sp³-hybridized carbons (Fsp3) is 0.444. The second kappa shape index (κ2) is 5.77. The lowest BCUT2D eigenvalue weighted by Gasteiger charge is -2.40. The van der Waals surface area contributed by atoms with Crippen LogP contribution in [0.4, 0.5) is 21.7 Å². The molecule has 9 heteroatoms. The zero-order valence-corrected chi connectivity index (χ0v) is 15.2. The van der Waals surface area contributed by atoms with Crippen molar-refractivity contribution in [2.24, 2.45) is 0 Å². The summed E-state index contributed by atoms with van der Waals surface area (Å²) < 4.78 is 15.8. The second-order valence-electron chi connectivity index (χ2n) is 7.58.